The van der Waals surface area contributed by atoms with Crippen molar-refractivity contribution in [2.45, 2.75) is 4.90 Å². The molecule has 3 rings (SSSR count). The van der Waals surface area contributed by atoms with Crippen molar-refractivity contribution in [1.82, 2.24) is 10.2 Å². The zero-order valence-corrected chi connectivity index (χ0v) is 13.7. The number of carbonyl (C=O) groups is 1. The lowest BCUT2D eigenvalue weighted by molar-refractivity contribution is 0.102. The van der Waals surface area contributed by atoms with E-state index < -0.39 is 9.84 Å². The second kappa shape index (κ2) is 6.29. The molecule has 0 atom stereocenters. The molecular formula is C17H15N3O3S. The molecule has 0 saturated carbocycles. The van der Waals surface area contributed by atoms with E-state index >= 15 is 0 Å². The molecule has 0 aliphatic rings. The number of amides is 1. The highest BCUT2D eigenvalue weighted by Crippen LogP contribution is 2.21. The first-order valence-corrected chi connectivity index (χ1v) is 9.04. The van der Waals surface area contributed by atoms with Crippen LogP contribution >= 0.6 is 0 Å². The van der Waals surface area contributed by atoms with E-state index in [0.717, 1.165) is 17.5 Å². The van der Waals surface area contributed by atoms with Crippen molar-refractivity contribution in [1.29, 1.82) is 0 Å². The van der Waals surface area contributed by atoms with E-state index in [1.807, 2.05) is 24.3 Å². The SMILES string of the molecule is CS(=O)(=O)c1ccc(C(=O)Nc2cccc(-c3ccn[nH]3)c2)cc1. The highest BCUT2D eigenvalue weighted by molar-refractivity contribution is 7.90. The van der Waals surface area contributed by atoms with Gasteiger partial charge in [0, 0.05) is 29.3 Å². The number of nitrogens with one attached hydrogen (secondary N) is 2. The predicted octanol–water partition coefficient (Wildman–Crippen LogP) is 2.73. The van der Waals surface area contributed by atoms with Gasteiger partial charge in [-0.15, -0.1) is 0 Å². The Bertz CT molecular complexity index is 963. The van der Waals surface area contributed by atoms with Crippen molar-refractivity contribution >= 4 is 21.4 Å². The molecule has 6 nitrogen and oxygen atoms in total. The summed E-state index contributed by atoms with van der Waals surface area (Å²) in [5, 5.41) is 9.57. The van der Waals surface area contributed by atoms with E-state index in [1.165, 1.54) is 24.3 Å². The van der Waals surface area contributed by atoms with Crippen LogP contribution in [0.4, 0.5) is 5.69 Å². The number of hydrogen-bond donors (Lipinski definition) is 2. The van der Waals surface area contributed by atoms with E-state index in [0.29, 0.717) is 11.3 Å². The number of H-pyrrole nitrogens is 1. The number of sulfone groups is 1. The standard InChI is InChI=1S/C17H15N3O3S/c1-24(22,23)15-7-5-12(6-8-15)17(21)19-14-4-2-3-13(11-14)16-9-10-18-20-16/h2-11H,1H3,(H,18,20)(H,19,21). The Balaban J connectivity index is 1.79. The van der Waals surface area contributed by atoms with Crippen molar-refractivity contribution in [3.05, 3.63) is 66.4 Å². The fourth-order valence-corrected chi connectivity index (χ4v) is 2.87. The highest BCUT2D eigenvalue weighted by atomic mass is 32.2. The van der Waals surface area contributed by atoms with Crippen LogP contribution in [0.15, 0.2) is 65.7 Å². The van der Waals surface area contributed by atoms with Gasteiger partial charge in [-0.25, -0.2) is 8.42 Å². The number of carbonyl (C=O) groups excluding carboxylic acids is 1. The Morgan fingerprint density at radius 3 is 2.46 bits per heavy atom. The Morgan fingerprint density at radius 2 is 1.83 bits per heavy atom. The van der Waals surface area contributed by atoms with Crippen molar-refractivity contribution in [2.24, 2.45) is 0 Å². The van der Waals surface area contributed by atoms with Gasteiger partial charge in [0.2, 0.25) is 0 Å². The molecule has 0 aliphatic carbocycles. The van der Waals surface area contributed by atoms with Gasteiger partial charge in [-0.2, -0.15) is 5.10 Å². The summed E-state index contributed by atoms with van der Waals surface area (Å²) in [5.41, 5.74) is 2.77. The molecule has 1 heterocycles. The molecule has 0 saturated heterocycles. The first kappa shape index (κ1) is 15.9. The van der Waals surface area contributed by atoms with Gasteiger partial charge in [-0.05, 0) is 42.5 Å². The average molecular weight is 341 g/mol. The first-order chi connectivity index (χ1) is 11.4. The van der Waals surface area contributed by atoms with Gasteiger partial charge in [0.1, 0.15) is 0 Å². The molecule has 2 N–H and O–H groups in total. The van der Waals surface area contributed by atoms with E-state index in [1.54, 1.807) is 12.3 Å². The number of hydrogen-bond acceptors (Lipinski definition) is 4. The van der Waals surface area contributed by atoms with Crippen molar-refractivity contribution in [3.63, 3.8) is 0 Å². The Labute approximate surface area is 139 Å². The lowest BCUT2D eigenvalue weighted by Gasteiger charge is -2.07. The Hall–Kier alpha value is -2.93. The maximum atomic E-state index is 12.3. The second-order valence-corrected chi connectivity index (χ2v) is 7.32. The average Bonchev–Trinajstić information content (AvgIpc) is 3.09. The quantitative estimate of drug-likeness (QED) is 0.763. The summed E-state index contributed by atoms with van der Waals surface area (Å²) < 4.78 is 22.9. The largest absolute Gasteiger partial charge is 0.322 e. The van der Waals surface area contributed by atoms with Crippen molar-refractivity contribution in [3.8, 4) is 11.3 Å². The Morgan fingerprint density at radius 1 is 1.08 bits per heavy atom. The molecule has 0 fully saturated rings. The van der Waals surface area contributed by atoms with Gasteiger partial charge in [-0.1, -0.05) is 12.1 Å². The van der Waals surface area contributed by atoms with E-state index in [-0.39, 0.29) is 10.8 Å². The maximum absolute atomic E-state index is 12.3. The van der Waals surface area contributed by atoms with Crippen molar-refractivity contribution in [2.75, 3.05) is 11.6 Å². The molecule has 0 aliphatic heterocycles. The zero-order valence-electron chi connectivity index (χ0n) is 12.9. The van der Waals surface area contributed by atoms with E-state index in [4.69, 9.17) is 0 Å². The normalized spacial score (nSPS) is 11.2. The molecule has 0 bridgehead atoms. The molecule has 7 heteroatoms. The van der Waals surface area contributed by atoms with Crippen LogP contribution in [-0.4, -0.2) is 30.8 Å². The van der Waals surface area contributed by atoms with Gasteiger partial charge in [0.15, 0.2) is 9.84 Å². The van der Waals surface area contributed by atoms with Gasteiger partial charge in [0.25, 0.3) is 5.91 Å². The summed E-state index contributed by atoms with van der Waals surface area (Å²) in [4.78, 5) is 12.5. The lowest BCUT2D eigenvalue weighted by Crippen LogP contribution is -2.12. The summed E-state index contributed by atoms with van der Waals surface area (Å²) in [6.07, 6.45) is 2.78. The third-order valence-electron chi connectivity index (χ3n) is 3.48. The number of rotatable bonds is 4. The number of anilines is 1. The van der Waals surface area contributed by atoms with Crippen LogP contribution in [0.2, 0.25) is 0 Å². The molecule has 122 valence electrons. The summed E-state index contributed by atoms with van der Waals surface area (Å²) >= 11 is 0. The van der Waals surface area contributed by atoms with Crippen LogP contribution < -0.4 is 5.32 Å². The minimum atomic E-state index is -3.28. The van der Waals surface area contributed by atoms with Crippen LogP contribution in [-0.2, 0) is 9.84 Å². The number of nitrogens with zero attached hydrogens (tertiary/aromatic N) is 1. The van der Waals surface area contributed by atoms with Gasteiger partial charge >= 0.3 is 0 Å². The summed E-state index contributed by atoms with van der Waals surface area (Å²) in [6, 6.07) is 15.0. The molecular weight excluding hydrogens is 326 g/mol. The van der Waals surface area contributed by atoms with E-state index in [9.17, 15) is 13.2 Å². The smallest absolute Gasteiger partial charge is 0.255 e. The monoisotopic (exact) mass is 341 g/mol. The van der Waals surface area contributed by atoms with Crippen LogP contribution in [0.25, 0.3) is 11.3 Å². The van der Waals surface area contributed by atoms with Gasteiger partial charge < -0.3 is 5.32 Å². The van der Waals surface area contributed by atoms with Crippen LogP contribution in [0.3, 0.4) is 0 Å². The van der Waals surface area contributed by atoms with Crippen LogP contribution in [0.5, 0.6) is 0 Å². The molecule has 0 unspecified atom stereocenters. The topological polar surface area (TPSA) is 91.9 Å². The summed E-state index contributed by atoms with van der Waals surface area (Å²) in [7, 11) is -3.28. The molecule has 0 spiro atoms. The number of aromatic amines is 1. The summed E-state index contributed by atoms with van der Waals surface area (Å²) in [6.45, 7) is 0. The lowest BCUT2D eigenvalue weighted by atomic mass is 10.1. The number of benzene rings is 2. The summed E-state index contributed by atoms with van der Waals surface area (Å²) in [5.74, 6) is -0.309. The van der Waals surface area contributed by atoms with Gasteiger partial charge in [0.05, 0.1) is 10.6 Å². The predicted molar refractivity (Wildman–Crippen MR) is 91.5 cm³/mol. The molecule has 24 heavy (non-hydrogen) atoms. The van der Waals surface area contributed by atoms with Crippen LogP contribution in [0, 0.1) is 0 Å². The molecule has 2 aromatic carbocycles. The van der Waals surface area contributed by atoms with Crippen LogP contribution in [0.1, 0.15) is 10.4 Å². The first-order valence-electron chi connectivity index (χ1n) is 7.15. The minimum Gasteiger partial charge on any atom is -0.322 e. The molecule has 0 radical (unpaired) electrons. The fraction of sp³-hybridized carbons (Fsp3) is 0.0588. The third-order valence-corrected chi connectivity index (χ3v) is 4.61. The van der Waals surface area contributed by atoms with E-state index in [2.05, 4.69) is 15.5 Å². The zero-order chi connectivity index (χ0) is 17.2. The Kier molecular flexibility index (Phi) is 4.18. The third kappa shape index (κ3) is 3.52. The minimum absolute atomic E-state index is 0.181. The number of aromatic nitrogens is 2. The van der Waals surface area contributed by atoms with Gasteiger partial charge in [-0.3, -0.25) is 9.89 Å². The molecule has 1 aromatic heterocycles. The second-order valence-electron chi connectivity index (χ2n) is 5.30. The highest BCUT2D eigenvalue weighted by Gasteiger charge is 2.10. The van der Waals surface area contributed by atoms with Crippen molar-refractivity contribution < 1.29 is 13.2 Å². The molecule has 3 aromatic rings. The maximum Gasteiger partial charge on any atom is 0.255 e. The molecule has 1 amide bonds. The fourth-order valence-electron chi connectivity index (χ4n) is 2.24.